The third-order valence-electron chi connectivity index (χ3n) is 1.98. The number of nitrogen functional groups attached to an aromatic ring is 1. The maximum absolute atomic E-state index is 6.07. The average Bonchev–Trinajstić information content (AvgIpc) is 2.33. The van der Waals surface area contributed by atoms with Crippen molar-refractivity contribution in [2.24, 2.45) is 0 Å². The Kier molecular flexibility index (Phi) is 4.68. The molecule has 2 rings (SSSR count). The van der Waals surface area contributed by atoms with Gasteiger partial charge in [0, 0.05) is 9.92 Å². The first kappa shape index (κ1) is 14.2. The van der Waals surface area contributed by atoms with Crippen molar-refractivity contribution in [1.29, 1.82) is 0 Å². The monoisotopic (exact) mass is 316 g/mol. The van der Waals surface area contributed by atoms with E-state index in [1.807, 2.05) is 6.92 Å². The van der Waals surface area contributed by atoms with Crippen molar-refractivity contribution >= 4 is 40.9 Å². The van der Waals surface area contributed by atoms with Gasteiger partial charge in [0.1, 0.15) is 0 Å². The quantitative estimate of drug-likeness (QED) is 0.932. The number of hydrogen-bond donors (Lipinski definition) is 1. The van der Waals surface area contributed by atoms with Gasteiger partial charge in [0.2, 0.25) is 11.1 Å². The van der Waals surface area contributed by atoms with E-state index in [9.17, 15) is 0 Å². The van der Waals surface area contributed by atoms with Crippen LogP contribution in [0.1, 0.15) is 6.92 Å². The highest BCUT2D eigenvalue weighted by atomic mass is 35.5. The molecule has 0 amide bonds. The summed E-state index contributed by atoms with van der Waals surface area (Å²) in [4.78, 5) is 12.7. The van der Waals surface area contributed by atoms with Gasteiger partial charge in [0.25, 0.3) is 0 Å². The number of halogens is 2. The molecule has 1 aromatic heterocycles. The highest BCUT2D eigenvalue weighted by molar-refractivity contribution is 7.99. The van der Waals surface area contributed by atoms with E-state index in [4.69, 9.17) is 33.7 Å². The predicted molar refractivity (Wildman–Crippen MR) is 76.0 cm³/mol. The average molecular weight is 317 g/mol. The molecule has 1 heterocycles. The van der Waals surface area contributed by atoms with Crippen molar-refractivity contribution in [2.75, 3.05) is 12.3 Å². The number of anilines is 1. The molecule has 0 spiro atoms. The molecule has 8 heteroatoms. The van der Waals surface area contributed by atoms with Crippen molar-refractivity contribution in [3.05, 3.63) is 28.2 Å². The Bertz CT molecular complexity index is 597. The first-order valence-corrected chi connectivity index (χ1v) is 6.93. The maximum Gasteiger partial charge on any atom is 0.322 e. The molecule has 5 nitrogen and oxygen atoms in total. The Morgan fingerprint density at radius 1 is 1.26 bits per heavy atom. The summed E-state index contributed by atoms with van der Waals surface area (Å²) in [6.45, 7) is 2.28. The molecule has 0 atom stereocenters. The lowest BCUT2D eigenvalue weighted by atomic mass is 10.4. The molecule has 100 valence electrons. The van der Waals surface area contributed by atoms with Crippen LogP contribution in [0, 0.1) is 0 Å². The molecule has 0 aliphatic carbocycles. The predicted octanol–water partition coefficient (Wildman–Crippen LogP) is 3.31. The minimum atomic E-state index is 0.0964. The summed E-state index contributed by atoms with van der Waals surface area (Å²) in [5.74, 6) is 0.0964. The van der Waals surface area contributed by atoms with Gasteiger partial charge in [-0.25, -0.2) is 0 Å². The zero-order chi connectivity index (χ0) is 13.8. The van der Waals surface area contributed by atoms with Crippen molar-refractivity contribution in [3.63, 3.8) is 0 Å². The lowest BCUT2D eigenvalue weighted by molar-refractivity contribution is 0.308. The van der Waals surface area contributed by atoms with Crippen LogP contribution in [0.25, 0.3) is 0 Å². The van der Waals surface area contributed by atoms with Crippen LogP contribution in [0.5, 0.6) is 6.01 Å². The second-order valence-electron chi connectivity index (χ2n) is 3.37. The van der Waals surface area contributed by atoms with E-state index in [2.05, 4.69) is 15.0 Å². The van der Waals surface area contributed by atoms with Gasteiger partial charge in [-0.15, -0.1) is 0 Å². The number of nitrogens with two attached hydrogens (primary N) is 1. The Balaban J connectivity index is 2.29. The minimum Gasteiger partial charge on any atom is -0.464 e. The molecule has 0 unspecified atom stereocenters. The van der Waals surface area contributed by atoms with Gasteiger partial charge in [-0.1, -0.05) is 23.2 Å². The molecule has 0 aliphatic heterocycles. The van der Waals surface area contributed by atoms with Gasteiger partial charge in [-0.2, -0.15) is 15.0 Å². The summed E-state index contributed by atoms with van der Waals surface area (Å²) in [6, 6.07) is 5.34. The molecule has 0 saturated carbocycles. The van der Waals surface area contributed by atoms with Crippen LogP contribution in [-0.2, 0) is 0 Å². The third kappa shape index (κ3) is 3.86. The van der Waals surface area contributed by atoms with Crippen LogP contribution in [0.2, 0.25) is 10.0 Å². The smallest absolute Gasteiger partial charge is 0.322 e. The van der Waals surface area contributed by atoms with Gasteiger partial charge in [-0.05, 0) is 36.9 Å². The first-order valence-electron chi connectivity index (χ1n) is 5.35. The van der Waals surface area contributed by atoms with Crippen LogP contribution in [0.3, 0.4) is 0 Å². The van der Waals surface area contributed by atoms with Gasteiger partial charge < -0.3 is 10.5 Å². The van der Waals surface area contributed by atoms with Gasteiger partial charge in [0.05, 0.1) is 11.6 Å². The van der Waals surface area contributed by atoms with Crippen LogP contribution in [0.15, 0.2) is 28.3 Å². The summed E-state index contributed by atoms with van der Waals surface area (Å²) in [5, 5.41) is 1.55. The topological polar surface area (TPSA) is 73.9 Å². The van der Waals surface area contributed by atoms with E-state index in [0.717, 1.165) is 4.90 Å². The number of aromatic nitrogens is 3. The molecule has 2 N–H and O–H groups in total. The highest BCUT2D eigenvalue weighted by Crippen LogP contribution is 2.33. The van der Waals surface area contributed by atoms with Crippen molar-refractivity contribution < 1.29 is 4.74 Å². The molecule has 0 saturated heterocycles. The second-order valence-corrected chi connectivity index (χ2v) is 5.22. The zero-order valence-corrected chi connectivity index (χ0v) is 12.3. The summed E-state index contributed by atoms with van der Waals surface area (Å²) >= 11 is 13.2. The maximum atomic E-state index is 6.07. The molecule has 0 aliphatic rings. The van der Waals surface area contributed by atoms with Crippen LogP contribution in [-0.4, -0.2) is 21.6 Å². The van der Waals surface area contributed by atoms with E-state index in [1.54, 1.807) is 18.2 Å². The Morgan fingerprint density at radius 3 is 2.79 bits per heavy atom. The van der Waals surface area contributed by atoms with Crippen LogP contribution in [0.4, 0.5) is 5.95 Å². The minimum absolute atomic E-state index is 0.0964. The fourth-order valence-electron chi connectivity index (χ4n) is 1.25. The first-order chi connectivity index (χ1) is 9.08. The van der Waals surface area contributed by atoms with Crippen molar-refractivity contribution in [2.45, 2.75) is 17.0 Å². The van der Waals surface area contributed by atoms with Gasteiger partial charge in [0.15, 0.2) is 0 Å². The number of benzene rings is 1. The molecule has 0 fully saturated rings. The number of ether oxygens (including phenoxy) is 1. The second kappa shape index (κ2) is 6.27. The summed E-state index contributed by atoms with van der Waals surface area (Å²) in [6.07, 6.45) is 0. The molecular formula is C11H10Cl2N4OS. The lowest BCUT2D eigenvalue weighted by Gasteiger charge is -2.06. The van der Waals surface area contributed by atoms with E-state index < -0.39 is 0 Å². The van der Waals surface area contributed by atoms with E-state index in [-0.39, 0.29) is 12.0 Å². The molecule has 1 aromatic carbocycles. The standard InChI is InChI=1S/C11H10Cl2N4OS/c1-2-18-10-15-9(14)16-11(17-10)19-8-5-6(12)3-4-7(8)13/h3-5H,2H2,1H3,(H2,14,15,16,17). The number of hydrogen-bond acceptors (Lipinski definition) is 6. The largest absolute Gasteiger partial charge is 0.464 e. The van der Waals surface area contributed by atoms with Gasteiger partial charge >= 0.3 is 6.01 Å². The lowest BCUT2D eigenvalue weighted by Crippen LogP contribution is -2.04. The molecule has 0 radical (unpaired) electrons. The third-order valence-corrected chi connectivity index (χ3v) is 3.58. The number of rotatable bonds is 4. The summed E-state index contributed by atoms with van der Waals surface area (Å²) in [7, 11) is 0. The van der Waals surface area contributed by atoms with E-state index in [1.165, 1.54) is 11.8 Å². The van der Waals surface area contributed by atoms with E-state index in [0.29, 0.717) is 21.8 Å². The normalized spacial score (nSPS) is 10.5. The fourth-order valence-corrected chi connectivity index (χ4v) is 2.53. The molecule has 19 heavy (non-hydrogen) atoms. The fraction of sp³-hybridized carbons (Fsp3) is 0.182. The molecule has 0 bridgehead atoms. The Hall–Kier alpha value is -1.24. The number of nitrogens with zero attached hydrogens (tertiary/aromatic N) is 3. The molecule has 2 aromatic rings. The SMILES string of the molecule is CCOc1nc(N)nc(Sc2cc(Cl)ccc2Cl)n1. The van der Waals surface area contributed by atoms with E-state index >= 15 is 0 Å². The summed E-state index contributed by atoms with van der Waals surface area (Å²) < 4.78 is 5.20. The van der Waals surface area contributed by atoms with Crippen molar-refractivity contribution in [1.82, 2.24) is 15.0 Å². The Labute approximate surface area is 124 Å². The van der Waals surface area contributed by atoms with Crippen molar-refractivity contribution in [3.8, 4) is 6.01 Å². The zero-order valence-electron chi connectivity index (χ0n) is 9.93. The highest BCUT2D eigenvalue weighted by Gasteiger charge is 2.10. The Morgan fingerprint density at radius 2 is 2.05 bits per heavy atom. The van der Waals surface area contributed by atoms with Crippen LogP contribution >= 0.6 is 35.0 Å². The summed E-state index contributed by atoms with van der Waals surface area (Å²) in [5.41, 5.74) is 5.60. The van der Waals surface area contributed by atoms with Gasteiger partial charge in [-0.3, -0.25) is 0 Å². The van der Waals surface area contributed by atoms with Crippen LogP contribution < -0.4 is 10.5 Å². The molecular weight excluding hydrogens is 307 g/mol.